The van der Waals surface area contributed by atoms with Gasteiger partial charge in [-0.25, -0.2) is 17.8 Å². The van der Waals surface area contributed by atoms with Crippen LogP contribution in [0.1, 0.15) is 36.0 Å². The zero-order valence-electron chi connectivity index (χ0n) is 14.4. The average molecular weight is 405 g/mol. The van der Waals surface area contributed by atoms with Crippen LogP contribution >= 0.6 is 11.6 Å². The van der Waals surface area contributed by atoms with Crippen LogP contribution in [0.2, 0.25) is 5.02 Å². The molecule has 1 aliphatic rings. The fourth-order valence-electron chi connectivity index (χ4n) is 2.71. The molecule has 0 amide bonds. The molecule has 3 rings (SSSR count). The quantitative estimate of drug-likeness (QED) is 0.762. The molecule has 142 valence electrons. The van der Waals surface area contributed by atoms with E-state index in [2.05, 4.69) is 9.97 Å². The van der Waals surface area contributed by atoms with Gasteiger partial charge in [0.25, 0.3) is 0 Å². The van der Waals surface area contributed by atoms with E-state index < -0.39 is 33.8 Å². The van der Waals surface area contributed by atoms with Crippen LogP contribution in [0.3, 0.4) is 0 Å². The molecule has 1 aliphatic carbocycles. The van der Waals surface area contributed by atoms with E-state index in [1.807, 2.05) is 0 Å². The molecule has 0 radical (unpaired) electrons. The Labute approximate surface area is 155 Å². The summed E-state index contributed by atoms with van der Waals surface area (Å²) in [6.45, 7) is 1.25. The number of aromatic nitrogens is 2. The number of nitrogens with zero attached hydrogens (tertiary/aromatic N) is 1. The fraction of sp³-hybridized carbons (Fsp3) is 0.471. The third-order valence-corrected chi connectivity index (χ3v) is 5.89. The topological polar surface area (TPSA) is 72.0 Å². The highest BCUT2D eigenvalue weighted by Crippen LogP contribution is 2.47. The van der Waals surface area contributed by atoms with Gasteiger partial charge in [0.15, 0.2) is 14.9 Å². The van der Waals surface area contributed by atoms with E-state index in [-0.39, 0.29) is 22.5 Å². The van der Waals surface area contributed by atoms with Crippen LogP contribution in [0.4, 0.5) is 8.78 Å². The van der Waals surface area contributed by atoms with Gasteiger partial charge in [0, 0.05) is 11.7 Å². The third-order valence-electron chi connectivity index (χ3n) is 4.50. The molecule has 9 heteroatoms. The minimum Gasteiger partial charge on any atom is -0.365 e. The van der Waals surface area contributed by atoms with Gasteiger partial charge in [-0.2, -0.15) is 0 Å². The minimum absolute atomic E-state index is 0.0825. The Morgan fingerprint density at radius 3 is 2.62 bits per heavy atom. The molecule has 0 bridgehead atoms. The zero-order valence-corrected chi connectivity index (χ0v) is 15.9. The summed E-state index contributed by atoms with van der Waals surface area (Å²) < 4.78 is 56.3. The van der Waals surface area contributed by atoms with Crippen molar-refractivity contribution in [2.24, 2.45) is 5.41 Å². The average Bonchev–Trinajstić information content (AvgIpc) is 3.24. The number of benzene rings is 1. The minimum atomic E-state index is -3.52. The third kappa shape index (κ3) is 3.92. The Bertz CT molecular complexity index is 926. The second-order valence-electron chi connectivity index (χ2n) is 6.82. The molecule has 1 heterocycles. The van der Waals surface area contributed by atoms with Crippen molar-refractivity contribution < 1.29 is 21.9 Å². The first-order chi connectivity index (χ1) is 12.1. The van der Waals surface area contributed by atoms with Gasteiger partial charge in [0.2, 0.25) is 0 Å². The van der Waals surface area contributed by atoms with Crippen LogP contribution in [0, 0.1) is 18.2 Å². The monoisotopic (exact) mass is 404 g/mol. The van der Waals surface area contributed by atoms with Crippen LogP contribution in [0.5, 0.6) is 0 Å². The lowest BCUT2D eigenvalue weighted by Crippen LogP contribution is -2.17. The smallest absolute Gasteiger partial charge is 0.194 e. The second-order valence-corrected chi connectivity index (χ2v) is 9.16. The van der Waals surface area contributed by atoms with E-state index >= 15 is 0 Å². The van der Waals surface area contributed by atoms with Crippen molar-refractivity contribution in [3.05, 3.63) is 46.1 Å². The van der Waals surface area contributed by atoms with Crippen molar-refractivity contribution in [1.29, 1.82) is 0 Å². The molecule has 26 heavy (non-hydrogen) atoms. The molecule has 0 spiro atoms. The maximum atomic E-state index is 13.5. The van der Waals surface area contributed by atoms with Crippen LogP contribution < -0.4 is 0 Å². The highest BCUT2D eigenvalue weighted by molar-refractivity contribution is 7.90. The molecule has 1 aromatic carbocycles. The Hall–Kier alpha value is -1.51. The molecule has 1 aromatic heterocycles. The van der Waals surface area contributed by atoms with E-state index in [4.69, 9.17) is 16.3 Å². The molecule has 1 N–H and O–H groups in total. The standard InChI is InChI=1S/C17H19ClF2N2O3S/c1-10-16(26(2,23)24)22-15(21-10)14(25-9-17(8-19)5-6-17)11-3-4-13(20)12(18)7-11/h3-4,7,14H,5-6,8-9H2,1-2H3,(H,21,22). The Kier molecular flexibility index (Phi) is 5.11. The molecule has 1 saturated carbocycles. The van der Waals surface area contributed by atoms with Crippen LogP contribution in [-0.2, 0) is 14.6 Å². The van der Waals surface area contributed by atoms with Gasteiger partial charge in [-0.1, -0.05) is 17.7 Å². The van der Waals surface area contributed by atoms with E-state index in [1.54, 1.807) is 6.92 Å². The largest absolute Gasteiger partial charge is 0.365 e. The molecular weight excluding hydrogens is 386 g/mol. The van der Waals surface area contributed by atoms with Crippen molar-refractivity contribution in [2.75, 3.05) is 19.5 Å². The summed E-state index contributed by atoms with van der Waals surface area (Å²) in [7, 11) is -3.52. The number of hydrogen-bond acceptors (Lipinski definition) is 4. The molecule has 5 nitrogen and oxygen atoms in total. The number of imidazole rings is 1. The van der Waals surface area contributed by atoms with Crippen molar-refractivity contribution in [3.63, 3.8) is 0 Å². The van der Waals surface area contributed by atoms with E-state index in [1.165, 1.54) is 18.2 Å². The van der Waals surface area contributed by atoms with E-state index in [0.717, 1.165) is 19.1 Å². The summed E-state index contributed by atoms with van der Waals surface area (Å²) in [6.07, 6.45) is 1.71. The number of aromatic amines is 1. The van der Waals surface area contributed by atoms with Gasteiger partial charge < -0.3 is 9.72 Å². The molecule has 0 aliphatic heterocycles. The SMILES string of the molecule is Cc1[nH]c(C(OCC2(CF)CC2)c2ccc(F)c(Cl)c2)nc1S(C)(=O)=O. The number of nitrogens with one attached hydrogen (secondary N) is 1. The summed E-state index contributed by atoms with van der Waals surface area (Å²) in [5.41, 5.74) is 0.374. The Morgan fingerprint density at radius 2 is 2.12 bits per heavy atom. The maximum Gasteiger partial charge on any atom is 0.194 e. The summed E-state index contributed by atoms with van der Waals surface area (Å²) in [4.78, 5) is 7.07. The Balaban J connectivity index is 1.98. The first-order valence-corrected chi connectivity index (χ1v) is 10.3. The van der Waals surface area contributed by atoms with Crippen LogP contribution in [0.15, 0.2) is 23.2 Å². The second kappa shape index (κ2) is 6.90. The van der Waals surface area contributed by atoms with Gasteiger partial charge in [-0.05, 0) is 37.5 Å². The molecule has 0 saturated heterocycles. The number of alkyl halides is 1. The first kappa shape index (κ1) is 19.3. The van der Waals surface area contributed by atoms with Crippen molar-refractivity contribution >= 4 is 21.4 Å². The predicted molar refractivity (Wildman–Crippen MR) is 93.3 cm³/mol. The summed E-state index contributed by atoms with van der Waals surface area (Å²) in [5.74, 6) is -0.329. The summed E-state index contributed by atoms with van der Waals surface area (Å²) in [5, 5.41) is -0.171. The van der Waals surface area contributed by atoms with Crippen molar-refractivity contribution in [1.82, 2.24) is 9.97 Å². The number of halogens is 3. The number of rotatable bonds is 7. The molecule has 2 aromatic rings. The first-order valence-electron chi connectivity index (χ1n) is 8.04. The normalized spacial score (nSPS) is 17.3. The number of H-pyrrole nitrogens is 1. The summed E-state index contributed by atoms with van der Waals surface area (Å²) in [6, 6.07) is 4.08. The number of ether oxygens (including phenoxy) is 1. The predicted octanol–water partition coefficient (Wildman–Crippen LogP) is 3.77. The lowest BCUT2D eigenvalue weighted by molar-refractivity contribution is 0.0323. The number of hydrogen-bond donors (Lipinski definition) is 1. The van der Waals surface area contributed by atoms with Crippen LogP contribution in [-0.4, -0.2) is 37.9 Å². The Morgan fingerprint density at radius 1 is 1.42 bits per heavy atom. The number of aryl methyl sites for hydroxylation is 1. The molecular formula is C17H19ClF2N2O3S. The van der Waals surface area contributed by atoms with Crippen LogP contribution in [0.25, 0.3) is 0 Å². The molecule has 1 fully saturated rings. The summed E-state index contributed by atoms with van der Waals surface area (Å²) >= 11 is 5.87. The van der Waals surface area contributed by atoms with Crippen molar-refractivity contribution in [2.45, 2.75) is 30.9 Å². The lowest BCUT2D eigenvalue weighted by atomic mass is 10.1. The van der Waals surface area contributed by atoms with E-state index in [0.29, 0.717) is 11.3 Å². The van der Waals surface area contributed by atoms with E-state index in [9.17, 15) is 17.2 Å². The molecule has 1 atom stereocenters. The highest BCUT2D eigenvalue weighted by Gasteiger charge is 2.44. The molecule has 1 unspecified atom stereocenters. The number of sulfone groups is 1. The van der Waals surface area contributed by atoms with Gasteiger partial charge in [-0.3, -0.25) is 4.39 Å². The van der Waals surface area contributed by atoms with Gasteiger partial charge in [-0.15, -0.1) is 0 Å². The van der Waals surface area contributed by atoms with Crippen molar-refractivity contribution in [3.8, 4) is 0 Å². The van der Waals surface area contributed by atoms with Gasteiger partial charge in [0.05, 0.1) is 24.0 Å². The zero-order chi connectivity index (χ0) is 19.1. The fourth-order valence-corrected chi connectivity index (χ4v) is 3.77. The highest BCUT2D eigenvalue weighted by atomic mass is 35.5. The van der Waals surface area contributed by atoms with Gasteiger partial charge >= 0.3 is 0 Å². The van der Waals surface area contributed by atoms with Gasteiger partial charge in [0.1, 0.15) is 17.7 Å². The maximum absolute atomic E-state index is 13.5. The lowest BCUT2D eigenvalue weighted by Gasteiger charge is -2.20.